The molecule has 26 heavy (non-hydrogen) atoms. The van der Waals surface area contributed by atoms with E-state index in [2.05, 4.69) is 11.9 Å². The van der Waals surface area contributed by atoms with Gasteiger partial charge in [0.15, 0.2) is 0 Å². The standard InChI is InChI=1S/C19H30N4O3/c1-3-4-5-8-21(2)19(25)17-16-7-6-15(13-23(16)14-20-17)18(24)22-9-11-26-12-10-22/h14-15H,3-13H2,1-2H3. The zero-order valence-corrected chi connectivity index (χ0v) is 15.9. The SMILES string of the molecule is CCCCCN(C)C(=O)c1ncn2c1CCC(C(=O)N1CCOCC1)C2. The number of rotatable bonds is 6. The van der Waals surface area contributed by atoms with Crippen LogP contribution in [0.1, 0.15) is 48.8 Å². The highest BCUT2D eigenvalue weighted by Crippen LogP contribution is 2.25. The summed E-state index contributed by atoms with van der Waals surface area (Å²) in [4.78, 5) is 33.5. The van der Waals surface area contributed by atoms with Gasteiger partial charge in [0, 0.05) is 33.2 Å². The molecule has 1 saturated heterocycles. The van der Waals surface area contributed by atoms with Gasteiger partial charge in [0.1, 0.15) is 5.69 Å². The normalized spacial score (nSPS) is 19.9. The monoisotopic (exact) mass is 362 g/mol. The summed E-state index contributed by atoms with van der Waals surface area (Å²) in [6.45, 7) is 6.14. The molecule has 2 amide bonds. The largest absolute Gasteiger partial charge is 0.378 e. The fourth-order valence-corrected chi connectivity index (χ4v) is 3.77. The Bertz CT molecular complexity index is 637. The van der Waals surface area contributed by atoms with Crippen molar-refractivity contribution in [2.24, 2.45) is 5.92 Å². The lowest BCUT2D eigenvalue weighted by molar-refractivity contribution is -0.140. The lowest BCUT2D eigenvalue weighted by Gasteiger charge is -2.32. The van der Waals surface area contributed by atoms with Crippen molar-refractivity contribution in [1.29, 1.82) is 0 Å². The molecule has 2 aliphatic rings. The number of morpholine rings is 1. The van der Waals surface area contributed by atoms with Gasteiger partial charge in [0.05, 0.1) is 31.2 Å². The van der Waals surface area contributed by atoms with E-state index in [1.807, 2.05) is 16.5 Å². The van der Waals surface area contributed by atoms with E-state index in [0.717, 1.165) is 44.3 Å². The first-order chi connectivity index (χ1) is 12.6. The number of imidazole rings is 1. The molecule has 1 aromatic heterocycles. The predicted octanol–water partition coefficient (Wildman–Crippen LogP) is 1.57. The molecule has 144 valence electrons. The second-order valence-electron chi connectivity index (χ2n) is 7.30. The van der Waals surface area contributed by atoms with Crippen LogP contribution in [-0.2, 0) is 22.5 Å². The van der Waals surface area contributed by atoms with Gasteiger partial charge >= 0.3 is 0 Å². The Hall–Kier alpha value is -1.89. The Morgan fingerprint density at radius 1 is 1.31 bits per heavy atom. The molecule has 1 unspecified atom stereocenters. The number of nitrogens with zero attached hydrogens (tertiary/aromatic N) is 4. The van der Waals surface area contributed by atoms with Crippen LogP contribution in [0.3, 0.4) is 0 Å². The molecule has 0 aromatic carbocycles. The summed E-state index contributed by atoms with van der Waals surface area (Å²) in [5.41, 5.74) is 1.53. The van der Waals surface area contributed by atoms with Crippen molar-refractivity contribution in [1.82, 2.24) is 19.4 Å². The van der Waals surface area contributed by atoms with Crippen LogP contribution < -0.4 is 0 Å². The Labute approximate surface area is 155 Å². The summed E-state index contributed by atoms with van der Waals surface area (Å²) in [5, 5.41) is 0. The summed E-state index contributed by atoms with van der Waals surface area (Å²) in [6, 6.07) is 0. The van der Waals surface area contributed by atoms with E-state index in [1.165, 1.54) is 0 Å². The van der Waals surface area contributed by atoms with Crippen LogP contribution in [0, 0.1) is 5.92 Å². The Morgan fingerprint density at radius 2 is 2.08 bits per heavy atom. The van der Waals surface area contributed by atoms with Crippen LogP contribution in [0.2, 0.25) is 0 Å². The third-order valence-corrected chi connectivity index (χ3v) is 5.41. The molecule has 0 spiro atoms. The molecule has 1 atom stereocenters. The summed E-state index contributed by atoms with van der Waals surface area (Å²) >= 11 is 0. The van der Waals surface area contributed by atoms with E-state index in [9.17, 15) is 9.59 Å². The molecule has 1 fully saturated rings. The van der Waals surface area contributed by atoms with Crippen molar-refractivity contribution in [3.8, 4) is 0 Å². The molecule has 0 N–H and O–H groups in total. The molecule has 2 aliphatic heterocycles. The minimum absolute atomic E-state index is 0.00666. The van der Waals surface area contributed by atoms with Gasteiger partial charge in [0.25, 0.3) is 5.91 Å². The smallest absolute Gasteiger partial charge is 0.274 e. The average molecular weight is 362 g/mol. The van der Waals surface area contributed by atoms with Crippen LogP contribution >= 0.6 is 0 Å². The Balaban J connectivity index is 1.62. The first kappa shape index (κ1) is 18.9. The lowest BCUT2D eigenvalue weighted by Crippen LogP contribution is -2.45. The minimum atomic E-state index is -0.0277. The summed E-state index contributed by atoms with van der Waals surface area (Å²) in [7, 11) is 1.84. The van der Waals surface area contributed by atoms with E-state index in [-0.39, 0.29) is 17.7 Å². The maximum Gasteiger partial charge on any atom is 0.274 e. The first-order valence-corrected chi connectivity index (χ1v) is 9.77. The highest BCUT2D eigenvalue weighted by molar-refractivity contribution is 5.93. The van der Waals surface area contributed by atoms with Gasteiger partial charge in [-0.1, -0.05) is 19.8 Å². The molecule has 0 bridgehead atoms. The number of fused-ring (bicyclic) bond motifs is 1. The van der Waals surface area contributed by atoms with Crippen LogP contribution in [0.4, 0.5) is 0 Å². The van der Waals surface area contributed by atoms with E-state index in [4.69, 9.17) is 4.74 Å². The van der Waals surface area contributed by atoms with Crippen molar-refractivity contribution in [2.45, 2.75) is 45.6 Å². The first-order valence-electron chi connectivity index (χ1n) is 9.77. The number of carbonyl (C=O) groups is 2. The van der Waals surface area contributed by atoms with Crippen molar-refractivity contribution < 1.29 is 14.3 Å². The summed E-state index contributed by atoms with van der Waals surface area (Å²) < 4.78 is 7.33. The number of ether oxygens (including phenoxy) is 1. The van der Waals surface area contributed by atoms with Gasteiger partial charge in [-0.25, -0.2) is 4.98 Å². The van der Waals surface area contributed by atoms with Crippen LogP contribution in [0.15, 0.2) is 6.33 Å². The van der Waals surface area contributed by atoms with E-state index < -0.39 is 0 Å². The molecule has 3 rings (SSSR count). The average Bonchev–Trinajstić information content (AvgIpc) is 3.10. The zero-order chi connectivity index (χ0) is 18.5. The third-order valence-electron chi connectivity index (χ3n) is 5.41. The quantitative estimate of drug-likeness (QED) is 0.721. The highest BCUT2D eigenvalue weighted by Gasteiger charge is 2.32. The van der Waals surface area contributed by atoms with Gasteiger partial charge in [-0.2, -0.15) is 0 Å². The third kappa shape index (κ3) is 4.09. The maximum absolute atomic E-state index is 12.7. The Kier molecular flexibility index (Phi) is 6.29. The number of aromatic nitrogens is 2. The van der Waals surface area contributed by atoms with Crippen LogP contribution in [0.25, 0.3) is 0 Å². The molecular weight excluding hydrogens is 332 g/mol. The molecule has 7 nitrogen and oxygen atoms in total. The predicted molar refractivity (Wildman–Crippen MR) is 97.9 cm³/mol. The molecule has 1 aromatic rings. The van der Waals surface area contributed by atoms with Crippen LogP contribution in [0.5, 0.6) is 0 Å². The van der Waals surface area contributed by atoms with Gasteiger partial charge < -0.3 is 19.1 Å². The molecule has 0 saturated carbocycles. The van der Waals surface area contributed by atoms with E-state index in [0.29, 0.717) is 38.5 Å². The number of unbranched alkanes of at least 4 members (excludes halogenated alkanes) is 2. The second-order valence-corrected chi connectivity index (χ2v) is 7.30. The van der Waals surface area contributed by atoms with Crippen molar-refractivity contribution >= 4 is 11.8 Å². The second kappa shape index (κ2) is 8.66. The van der Waals surface area contributed by atoms with Crippen molar-refractivity contribution in [2.75, 3.05) is 39.9 Å². The molecule has 3 heterocycles. The topological polar surface area (TPSA) is 67.7 Å². The van der Waals surface area contributed by atoms with Crippen molar-refractivity contribution in [3.05, 3.63) is 17.7 Å². The van der Waals surface area contributed by atoms with Gasteiger partial charge in [-0.3, -0.25) is 9.59 Å². The zero-order valence-electron chi connectivity index (χ0n) is 15.9. The van der Waals surface area contributed by atoms with Gasteiger partial charge in [0.2, 0.25) is 5.91 Å². The number of hydrogen-bond donors (Lipinski definition) is 0. The number of hydrogen-bond acceptors (Lipinski definition) is 4. The fraction of sp³-hybridized carbons (Fsp3) is 0.737. The fourth-order valence-electron chi connectivity index (χ4n) is 3.77. The van der Waals surface area contributed by atoms with Gasteiger partial charge in [-0.05, 0) is 19.3 Å². The number of carbonyl (C=O) groups excluding carboxylic acids is 2. The van der Waals surface area contributed by atoms with E-state index >= 15 is 0 Å². The lowest BCUT2D eigenvalue weighted by atomic mass is 9.95. The Morgan fingerprint density at radius 3 is 2.81 bits per heavy atom. The van der Waals surface area contributed by atoms with Gasteiger partial charge in [-0.15, -0.1) is 0 Å². The van der Waals surface area contributed by atoms with Crippen molar-refractivity contribution in [3.63, 3.8) is 0 Å². The molecule has 7 heteroatoms. The van der Waals surface area contributed by atoms with Crippen LogP contribution in [-0.4, -0.2) is 71.1 Å². The minimum Gasteiger partial charge on any atom is -0.378 e. The maximum atomic E-state index is 12.7. The highest BCUT2D eigenvalue weighted by atomic mass is 16.5. The summed E-state index contributed by atoms with van der Waals surface area (Å²) in [6.07, 6.45) is 6.52. The molecule has 0 radical (unpaired) electrons. The molecule has 0 aliphatic carbocycles. The number of amides is 2. The van der Waals surface area contributed by atoms with E-state index in [1.54, 1.807) is 11.2 Å². The summed E-state index contributed by atoms with van der Waals surface area (Å²) in [5.74, 6) is 0.171. The molecular formula is C19H30N4O3.